The second-order valence-corrected chi connectivity index (χ2v) is 7.84. The molecule has 5 rings (SSSR count). The quantitative estimate of drug-likeness (QED) is 0.611. The fraction of sp³-hybridized carbons (Fsp3) is 0.167. The molecule has 1 aromatic heterocycles. The third kappa shape index (κ3) is 3.35. The summed E-state index contributed by atoms with van der Waals surface area (Å²) < 4.78 is 1.78. The lowest BCUT2D eigenvalue weighted by Gasteiger charge is -2.29. The summed E-state index contributed by atoms with van der Waals surface area (Å²) in [5.74, 6) is -1.28. The molecule has 3 aromatic rings. The van der Waals surface area contributed by atoms with Gasteiger partial charge in [0.1, 0.15) is 6.04 Å². The zero-order chi connectivity index (χ0) is 22.2. The number of hydrogen-bond donors (Lipinski definition) is 2. The highest BCUT2D eigenvalue weighted by atomic mass is 16.2. The maximum absolute atomic E-state index is 13.2. The number of rotatable bonds is 5. The van der Waals surface area contributed by atoms with Gasteiger partial charge < -0.3 is 10.6 Å². The molecular weight excluding hydrogens is 406 g/mol. The molecule has 32 heavy (non-hydrogen) atoms. The van der Waals surface area contributed by atoms with Crippen LogP contribution in [0, 0.1) is 0 Å². The van der Waals surface area contributed by atoms with Crippen molar-refractivity contribution in [3.8, 4) is 5.69 Å². The van der Waals surface area contributed by atoms with Crippen LogP contribution in [0.1, 0.15) is 39.1 Å². The zero-order valence-electron chi connectivity index (χ0n) is 17.2. The summed E-state index contributed by atoms with van der Waals surface area (Å²) >= 11 is 0. The first-order chi connectivity index (χ1) is 15.5. The Labute approximate surface area is 184 Å². The van der Waals surface area contributed by atoms with Crippen LogP contribution >= 0.6 is 0 Å². The number of allylic oxidation sites excluding steroid dienone is 1. The molecule has 0 radical (unpaired) electrons. The minimum atomic E-state index is -0.829. The molecular formula is C24H21N5O3. The molecule has 8 nitrogen and oxygen atoms in total. The molecule has 0 saturated carbocycles. The topological polar surface area (TPSA) is 96.3 Å². The molecule has 0 aliphatic carbocycles. The van der Waals surface area contributed by atoms with E-state index in [1.807, 2.05) is 36.5 Å². The number of carbonyl (C=O) groups excluding carboxylic acids is 3. The Kier molecular flexibility index (Phi) is 4.82. The largest absolute Gasteiger partial charge is 0.380 e. The van der Waals surface area contributed by atoms with Crippen LogP contribution in [0.5, 0.6) is 0 Å². The number of benzene rings is 2. The predicted molar refractivity (Wildman–Crippen MR) is 118 cm³/mol. The standard InChI is InChI=1S/C24H21N5O3/c1-15-10-11-20(22(30)27-15)29-23(31)18-8-5-9-19(21(18)24(29)32)25-12-16-13-26-28(14-16)17-6-3-2-4-7-17/h2-9,13-14,20,25H,1,10-12H2,(H,27,30). The van der Waals surface area contributed by atoms with Gasteiger partial charge in [0.05, 0.1) is 23.0 Å². The van der Waals surface area contributed by atoms with E-state index in [1.165, 1.54) is 0 Å². The highest BCUT2D eigenvalue weighted by Crippen LogP contribution is 2.33. The number of anilines is 1. The van der Waals surface area contributed by atoms with Gasteiger partial charge in [0, 0.05) is 29.7 Å². The zero-order valence-corrected chi connectivity index (χ0v) is 17.2. The van der Waals surface area contributed by atoms with Gasteiger partial charge in [-0.3, -0.25) is 19.3 Å². The van der Waals surface area contributed by atoms with Crippen molar-refractivity contribution in [1.82, 2.24) is 20.0 Å². The maximum Gasteiger partial charge on any atom is 0.264 e. The van der Waals surface area contributed by atoms with Gasteiger partial charge in [-0.05, 0) is 37.1 Å². The highest BCUT2D eigenvalue weighted by molar-refractivity contribution is 6.25. The molecule has 1 unspecified atom stereocenters. The van der Waals surface area contributed by atoms with Gasteiger partial charge in [0.2, 0.25) is 5.91 Å². The SMILES string of the molecule is C=C1CCC(N2C(=O)c3cccc(NCc4cnn(-c5ccccc5)c4)c3C2=O)C(=O)N1. The molecule has 3 amide bonds. The molecule has 3 heterocycles. The Morgan fingerprint density at radius 1 is 1.06 bits per heavy atom. The molecule has 1 saturated heterocycles. The Bertz CT molecular complexity index is 1250. The van der Waals surface area contributed by atoms with E-state index in [1.54, 1.807) is 29.1 Å². The summed E-state index contributed by atoms with van der Waals surface area (Å²) in [6.45, 7) is 4.18. The van der Waals surface area contributed by atoms with Crippen molar-refractivity contribution in [1.29, 1.82) is 0 Å². The minimum absolute atomic E-state index is 0.296. The van der Waals surface area contributed by atoms with Crippen molar-refractivity contribution in [2.75, 3.05) is 5.32 Å². The minimum Gasteiger partial charge on any atom is -0.380 e. The molecule has 160 valence electrons. The number of amides is 3. The van der Waals surface area contributed by atoms with Crippen LogP contribution in [-0.2, 0) is 11.3 Å². The van der Waals surface area contributed by atoms with Gasteiger partial charge in [-0.25, -0.2) is 4.68 Å². The van der Waals surface area contributed by atoms with E-state index >= 15 is 0 Å². The number of imide groups is 1. The Morgan fingerprint density at radius 3 is 2.66 bits per heavy atom. The van der Waals surface area contributed by atoms with Crippen LogP contribution in [-0.4, -0.2) is 38.4 Å². The lowest BCUT2D eigenvalue weighted by atomic mass is 10.0. The van der Waals surface area contributed by atoms with E-state index in [4.69, 9.17) is 0 Å². The molecule has 1 fully saturated rings. The first-order valence-corrected chi connectivity index (χ1v) is 10.4. The van der Waals surface area contributed by atoms with Crippen LogP contribution in [0.4, 0.5) is 5.69 Å². The summed E-state index contributed by atoms with van der Waals surface area (Å²) in [4.78, 5) is 39.7. The van der Waals surface area contributed by atoms with Crippen LogP contribution in [0.3, 0.4) is 0 Å². The van der Waals surface area contributed by atoms with Crippen molar-refractivity contribution >= 4 is 23.4 Å². The lowest BCUT2D eigenvalue weighted by Crippen LogP contribution is -2.51. The maximum atomic E-state index is 13.2. The van der Waals surface area contributed by atoms with Gasteiger partial charge in [-0.2, -0.15) is 5.10 Å². The summed E-state index contributed by atoms with van der Waals surface area (Å²) in [7, 11) is 0. The fourth-order valence-corrected chi connectivity index (χ4v) is 4.11. The van der Waals surface area contributed by atoms with Crippen molar-refractivity contribution in [2.24, 2.45) is 0 Å². The van der Waals surface area contributed by atoms with Gasteiger partial charge >= 0.3 is 0 Å². The van der Waals surface area contributed by atoms with Crippen LogP contribution in [0.15, 0.2) is 73.2 Å². The van der Waals surface area contributed by atoms with Gasteiger partial charge in [-0.15, -0.1) is 0 Å². The Balaban J connectivity index is 1.36. The number of piperidine rings is 1. The fourth-order valence-electron chi connectivity index (χ4n) is 4.11. The van der Waals surface area contributed by atoms with Crippen LogP contribution < -0.4 is 10.6 Å². The first kappa shape index (κ1) is 19.7. The number of nitrogens with zero attached hydrogens (tertiary/aromatic N) is 3. The first-order valence-electron chi connectivity index (χ1n) is 10.4. The third-order valence-electron chi connectivity index (χ3n) is 5.72. The van der Waals surface area contributed by atoms with E-state index in [0.29, 0.717) is 41.9 Å². The number of nitrogens with one attached hydrogen (secondary N) is 2. The number of aromatic nitrogens is 2. The number of carbonyl (C=O) groups is 3. The van der Waals surface area contributed by atoms with Crippen molar-refractivity contribution in [3.05, 3.63) is 89.9 Å². The van der Waals surface area contributed by atoms with E-state index in [9.17, 15) is 14.4 Å². The van der Waals surface area contributed by atoms with Gasteiger partial charge in [0.15, 0.2) is 0 Å². The normalized spacial score (nSPS) is 18.0. The second kappa shape index (κ2) is 7.81. The molecule has 2 aliphatic rings. The molecule has 1 atom stereocenters. The number of hydrogen-bond acceptors (Lipinski definition) is 5. The average Bonchev–Trinajstić information content (AvgIpc) is 3.37. The van der Waals surface area contributed by atoms with Crippen molar-refractivity contribution in [2.45, 2.75) is 25.4 Å². The average molecular weight is 427 g/mol. The van der Waals surface area contributed by atoms with Crippen molar-refractivity contribution < 1.29 is 14.4 Å². The smallest absolute Gasteiger partial charge is 0.264 e. The molecule has 8 heteroatoms. The Hall–Kier alpha value is -4.20. The van der Waals surface area contributed by atoms with Gasteiger partial charge in [-0.1, -0.05) is 30.8 Å². The number of para-hydroxylation sites is 1. The van der Waals surface area contributed by atoms with E-state index < -0.39 is 17.9 Å². The summed E-state index contributed by atoms with van der Waals surface area (Å²) in [5, 5.41) is 10.3. The monoisotopic (exact) mass is 427 g/mol. The lowest BCUT2D eigenvalue weighted by molar-refractivity contribution is -0.125. The van der Waals surface area contributed by atoms with Crippen molar-refractivity contribution in [3.63, 3.8) is 0 Å². The molecule has 2 aromatic carbocycles. The van der Waals surface area contributed by atoms with E-state index in [2.05, 4.69) is 22.3 Å². The number of fused-ring (bicyclic) bond motifs is 1. The highest BCUT2D eigenvalue weighted by Gasteiger charge is 2.44. The molecule has 2 N–H and O–H groups in total. The van der Waals surface area contributed by atoms with E-state index in [-0.39, 0.29) is 5.91 Å². The third-order valence-corrected chi connectivity index (χ3v) is 5.72. The van der Waals surface area contributed by atoms with Gasteiger partial charge in [0.25, 0.3) is 11.8 Å². The Morgan fingerprint density at radius 2 is 1.88 bits per heavy atom. The molecule has 0 spiro atoms. The summed E-state index contributed by atoms with van der Waals surface area (Å²) in [6.07, 6.45) is 4.56. The van der Waals surface area contributed by atoms with Crippen LogP contribution in [0.2, 0.25) is 0 Å². The van der Waals surface area contributed by atoms with Crippen LogP contribution in [0.25, 0.3) is 5.69 Å². The molecule has 2 aliphatic heterocycles. The summed E-state index contributed by atoms with van der Waals surface area (Å²) in [5.41, 5.74) is 3.62. The molecule has 0 bridgehead atoms. The summed E-state index contributed by atoms with van der Waals surface area (Å²) in [6, 6.07) is 14.0. The predicted octanol–water partition coefficient (Wildman–Crippen LogP) is 2.87. The second-order valence-electron chi connectivity index (χ2n) is 7.84. The van der Waals surface area contributed by atoms with E-state index in [0.717, 1.165) is 16.2 Å².